The Morgan fingerprint density at radius 3 is 2.67 bits per heavy atom. The quantitative estimate of drug-likeness (QED) is 0.501. The summed E-state index contributed by atoms with van der Waals surface area (Å²) in [6.45, 7) is -0.383. The van der Waals surface area contributed by atoms with Crippen LogP contribution in [-0.2, 0) is 12.7 Å². The van der Waals surface area contributed by atoms with Crippen LogP contribution in [0.1, 0.15) is 15.9 Å². The van der Waals surface area contributed by atoms with Gasteiger partial charge in [0.25, 0.3) is 0 Å². The van der Waals surface area contributed by atoms with Gasteiger partial charge in [0.05, 0.1) is 18.2 Å². The van der Waals surface area contributed by atoms with Gasteiger partial charge in [-0.3, -0.25) is 4.79 Å². The summed E-state index contributed by atoms with van der Waals surface area (Å²) in [7, 11) is 1.34. The fourth-order valence-corrected chi connectivity index (χ4v) is 2.37. The second kappa shape index (κ2) is 7.14. The lowest BCUT2D eigenvalue weighted by atomic mass is 10.1. The van der Waals surface area contributed by atoms with E-state index in [0.717, 1.165) is 29.1 Å². The number of ketones is 1. The third-order valence-electron chi connectivity index (χ3n) is 3.65. The number of ether oxygens (including phenoxy) is 1. The minimum absolute atomic E-state index is 0.00424. The van der Waals surface area contributed by atoms with Gasteiger partial charge in [-0.15, -0.1) is 10.2 Å². The average Bonchev–Trinajstić information content (AvgIpc) is 3.09. The number of Topliss-reactive ketones (excluding diaryl/α,β-unsaturated/α-hetero) is 1. The number of carbonyl (C=O) groups excluding carboxylic acids is 1. The lowest BCUT2D eigenvalue weighted by molar-refractivity contribution is -0.137. The standard InChI is InChI=1S/C17H12F4N4O2/c1-27-15-6-5-12(18)8-13(15)14(26)9-25-23-16(22-24-25)10-3-2-4-11(7-10)17(19,20)21/h2-8H,9H2,1H3. The topological polar surface area (TPSA) is 69.9 Å². The maximum atomic E-state index is 13.4. The van der Waals surface area contributed by atoms with Crippen molar-refractivity contribution in [2.45, 2.75) is 12.7 Å². The number of carbonyl (C=O) groups is 1. The number of hydrogen-bond donors (Lipinski definition) is 0. The van der Waals surface area contributed by atoms with E-state index in [9.17, 15) is 22.4 Å². The number of nitrogens with zero attached hydrogens (tertiary/aromatic N) is 4. The van der Waals surface area contributed by atoms with E-state index in [2.05, 4.69) is 15.4 Å². The molecule has 0 N–H and O–H groups in total. The van der Waals surface area contributed by atoms with Gasteiger partial charge in [-0.2, -0.15) is 18.0 Å². The lowest BCUT2D eigenvalue weighted by Gasteiger charge is -2.07. The van der Waals surface area contributed by atoms with Crippen molar-refractivity contribution < 1.29 is 27.1 Å². The van der Waals surface area contributed by atoms with Crippen LogP contribution in [0, 0.1) is 5.82 Å². The zero-order valence-corrected chi connectivity index (χ0v) is 13.9. The Labute approximate surface area is 150 Å². The number of aromatic nitrogens is 4. The molecular formula is C17H12F4N4O2. The highest BCUT2D eigenvalue weighted by molar-refractivity contribution is 5.98. The molecule has 140 valence electrons. The van der Waals surface area contributed by atoms with Crippen molar-refractivity contribution in [1.82, 2.24) is 20.2 Å². The Hall–Kier alpha value is -3.30. The predicted octanol–water partition coefficient (Wildman–Crippen LogP) is 3.39. The molecule has 0 amide bonds. The van der Waals surface area contributed by atoms with E-state index in [1.807, 2.05) is 0 Å². The van der Waals surface area contributed by atoms with Crippen LogP contribution in [0.3, 0.4) is 0 Å². The fraction of sp³-hybridized carbons (Fsp3) is 0.176. The Kier molecular flexibility index (Phi) is 4.89. The number of tetrazole rings is 1. The number of methoxy groups -OCH3 is 1. The molecule has 0 aliphatic heterocycles. The molecule has 0 unspecified atom stereocenters. The first-order valence-electron chi connectivity index (χ1n) is 7.60. The predicted molar refractivity (Wildman–Crippen MR) is 85.5 cm³/mol. The molecule has 0 saturated carbocycles. The maximum Gasteiger partial charge on any atom is 0.416 e. The molecule has 0 aliphatic rings. The summed E-state index contributed by atoms with van der Waals surface area (Å²) in [6.07, 6.45) is -4.50. The first-order chi connectivity index (χ1) is 12.8. The van der Waals surface area contributed by atoms with Crippen LogP contribution in [0.5, 0.6) is 5.75 Å². The smallest absolute Gasteiger partial charge is 0.416 e. The summed E-state index contributed by atoms with van der Waals surface area (Å²) in [5, 5.41) is 11.3. The molecule has 0 aliphatic carbocycles. The third-order valence-corrected chi connectivity index (χ3v) is 3.65. The third kappa shape index (κ3) is 4.10. The number of hydrogen-bond acceptors (Lipinski definition) is 5. The van der Waals surface area contributed by atoms with Crippen LogP contribution in [0.4, 0.5) is 17.6 Å². The first kappa shape index (κ1) is 18.5. The van der Waals surface area contributed by atoms with Gasteiger partial charge in [0, 0.05) is 5.56 Å². The van der Waals surface area contributed by atoms with Gasteiger partial charge in [0.1, 0.15) is 18.1 Å². The molecule has 3 aromatic rings. The molecule has 1 heterocycles. The summed E-state index contributed by atoms with van der Waals surface area (Å²) in [5.41, 5.74) is -0.751. The van der Waals surface area contributed by atoms with E-state index in [0.29, 0.717) is 0 Å². The molecule has 0 atom stereocenters. The van der Waals surface area contributed by atoms with Crippen molar-refractivity contribution in [2.75, 3.05) is 7.11 Å². The highest BCUT2D eigenvalue weighted by Crippen LogP contribution is 2.31. The van der Waals surface area contributed by atoms with Gasteiger partial charge in [-0.25, -0.2) is 4.39 Å². The number of halogens is 4. The minimum Gasteiger partial charge on any atom is -0.496 e. The van der Waals surface area contributed by atoms with Crippen LogP contribution >= 0.6 is 0 Å². The Morgan fingerprint density at radius 1 is 1.19 bits per heavy atom. The Bertz CT molecular complexity index is 985. The molecule has 10 heteroatoms. The van der Waals surface area contributed by atoms with Gasteiger partial charge < -0.3 is 4.74 Å². The second-order valence-electron chi connectivity index (χ2n) is 5.49. The molecule has 0 fully saturated rings. The van der Waals surface area contributed by atoms with Crippen LogP contribution in [-0.4, -0.2) is 33.1 Å². The number of rotatable bonds is 5. The molecule has 0 spiro atoms. The van der Waals surface area contributed by atoms with Crippen LogP contribution < -0.4 is 4.74 Å². The highest BCUT2D eigenvalue weighted by atomic mass is 19.4. The van der Waals surface area contributed by atoms with Gasteiger partial charge in [0.15, 0.2) is 5.78 Å². The molecule has 2 aromatic carbocycles. The van der Waals surface area contributed by atoms with Gasteiger partial charge in [0.2, 0.25) is 5.82 Å². The second-order valence-corrected chi connectivity index (χ2v) is 5.49. The van der Waals surface area contributed by atoms with Crippen molar-refractivity contribution in [2.24, 2.45) is 0 Å². The zero-order valence-electron chi connectivity index (χ0n) is 13.9. The molecule has 0 bridgehead atoms. The SMILES string of the molecule is COc1ccc(F)cc1C(=O)Cn1nnc(-c2cccc(C(F)(F)F)c2)n1. The van der Waals surface area contributed by atoms with Crippen molar-refractivity contribution >= 4 is 5.78 Å². The molecule has 3 rings (SSSR count). The molecule has 6 nitrogen and oxygen atoms in total. The normalized spacial score (nSPS) is 11.4. The summed E-state index contributed by atoms with van der Waals surface area (Å²) in [5.74, 6) is -1.05. The van der Waals surface area contributed by atoms with E-state index in [4.69, 9.17) is 4.74 Å². The molecule has 27 heavy (non-hydrogen) atoms. The van der Waals surface area contributed by atoms with Crippen molar-refractivity contribution in [1.29, 1.82) is 0 Å². The van der Waals surface area contributed by atoms with Crippen LogP contribution in [0.2, 0.25) is 0 Å². The largest absolute Gasteiger partial charge is 0.496 e. The van der Waals surface area contributed by atoms with Crippen molar-refractivity contribution in [3.8, 4) is 17.1 Å². The van der Waals surface area contributed by atoms with Gasteiger partial charge in [-0.1, -0.05) is 12.1 Å². The minimum atomic E-state index is -4.50. The summed E-state index contributed by atoms with van der Waals surface area (Å²) >= 11 is 0. The van der Waals surface area contributed by atoms with Crippen LogP contribution in [0.15, 0.2) is 42.5 Å². The van der Waals surface area contributed by atoms with E-state index in [1.54, 1.807) is 0 Å². The highest BCUT2D eigenvalue weighted by Gasteiger charge is 2.30. The summed E-state index contributed by atoms with van der Waals surface area (Å²) in [4.78, 5) is 13.3. The monoisotopic (exact) mass is 380 g/mol. The zero-order chi connectivity index (χ0) is 19.6. The van der Waals surface area contributed by atoms with E-state index < -0.39 is 23.3 Å². The van der Waals surface area contributed by atoms with E-state index in [1.165, 1.54) is 25.3 Å². The molecule has 1 aromatic heterocycles. The maximum absolute atomic E-state index is 13.4. The first-order valence-corrected chi connectivity index (χ1v) is 7.60. The van der Waals surface area contributed by atoms with Crippen molar-refractivity contribution in [3.63, 3.8) is 0 Å². The van der Waals surface area contributed by atoms with E-state index in [-0.39, 0.29) is 29.2 Å². The van der Waals surface area contributed by atoms with Gasteiger partial charge >= 0.3 is 6.18 Å². The fourth-order valence-electron chi connectivity index (χ4n) is 2.37. The summed E-state index contributed by atoms with van der Waals surface area (Å²) in [6, 6.07) is 7.91. The molecular weight excluding hydrogens is 368 g/mol. The number of alkyl halides is 3. The van der Waals surface area contributed by atoms with Crippen molar-refractivity contribution in [3.05, 3.63) is 59.4 Å². The number of benzene rings is 2. The average molecular weight is 380 g/mol. The lowest BCUT2D eigenvalue weighted by Crippen LogP contribution is -2.14. The van der Waals surface area contributed by atoms with Crippen LogP contribution in [0.25, 0.3) is 11.4 Å². The molecule has 0 saturated heterocycles. The Balaban J connectivity index is 1.83. The summed E-state index contributed by atoms with van der Waals surface area (Å²) < 4.78 is 56.8. The molecule has 0 radical (unpaired) electrons. The van der Waals surface area contributed by atoms with E-state index >= 15 is 0 Å². The van der Waals surface area contributed by atoms with Gasteiger partial charge in [-0.05, 0) is 35.5 Å². The Morgan fingerprint density at radius 2 is 1.96 bits per heavy atom.